The van der Waals surface area contributed by atoms with Gasteiger partial charge >= 0.3 is 0 Å². The number of hydrogen-bond donors (Lipinski definition) is 0. The third kappa shape index (κ3) is 7.43. The van der Waals surface area contributed by atoms with Crippen molar-refractivity contribution in [2.45, 2.75) is 39.3 Å². The van der Waals surface area contributed by atoms with Gasteiger partial charge in [0.05, 0.1) is 26.4 Å². The Balaban J connectivity index is 1.70. The number of rotatable bonds is 8. The SMILES string of the molecule is CC(C)(OCN1CCOCC1)OC(C)(C)OCN1CCOCC1. The second kappa shape index (κ2) is 8.71. The van der Waals surface area contributed by atoms with Crippen LogP contribution >= 0.6 is 0 Å². The first-order chi connectivity index (χ1) is 10.9. The molecule has 0 spiro atoms. The highest BCUT2D eigenvalue weighted by molar-refractivity contribution is 4.65. The molecule has 0 aromatic rings. The molecule has 2 fully saturated rings. The topological polar surface area (TPSA) is 52.6 Å². The van der Waals surface area contributed by atoms with Crippen LogP contribution in [-0.2, 0) is 23.7 Å². The molecule has 2 saturated heterocycles. The minimum atomic E-state index is -0.715. The predicted molar refractivity (Wildman–Crippen MR) is 85.9 cm³/mol. The van der Waals surface area contributed by atoms with Crippen LogP contribution < -0.4 is 0 Å². The molecule has 0 radical (unpaired) electrons. The maximum absolute atomic E-state index is 6.05. The van der Waals surface area contributed by atoms with Crippen molar-refractivity contribution in [2.24, 2.45) is 0 Å². The molecule has 2 heterocycles. The molecule has 0 N–H and O–H groups in total. The van der Waals surface area contributed by atoms with E-state index in [1.807, 2.05) is 27.7 Å². The molecule has 2 aliphatic heterocycles. The number of ether oxygens (including phenoxy) is 5. The van der Waals surface area contributed by atoms with Crippen LogP contribution in [0.25, 0.3) is 0 Å². The summed E-state index contributed by atoms with van der Waals surface area (Å²) in [5.41, 5.74) is 0. The van der Waals surface area contributed by atoms with Crippen molar-refractivity contribution in [2.75, 3.05) is 66.1 Å². The Morgan fingerprint density at radius 3 is 1.39 bits per heavy atom. The highest BCUT2D eigenvalue weighted by Crippen LogP contribution is 2.23. The fourth-order valence-electron chi connectivity index (χ4n) is 2.60. The van der Waals surface area contributed by atoms with Crippen LogP contribution in [0, 0.1) is 0 Å². The third-order valence-electron chi connectivity index (χ3n) is 3.89. The molecule has 0 aromatic carbocycles. The van der Waals surface area contributed by atoms with E-state index in [0.29, 0.717) is 13.5 Å². The largest absolute Gasteiger partial charge is 0.379 e. The summed E-state index contributed by atoms with van der Waals surface area (Å²) in [7, 11) is 0. The van der Waals surface area contributed by atoms with Crippen molar-refractivity contribution < 1.29 is 23.7 Å². The standard InChI is InChI=1S/C16H32N2O5/c1-15(2,21-13-17-5-9-19-10-6-17)23-16(3,4)22-14-18-7-11-20-12-8-18/h5-14H2,1-4H3. The van der Waals surface area contributed by atoms with E-state index in [9.17, 15) is 0 Å². The molecule has 7 heteroatoms. The number of hydrogen-bond acceptors (Lipinski definition) is 7. The smallest absolute Gasteiger partial charge is 0.167 e. The van der Waals surface area contributed by atoms with E-state index in [0.717, 1.165) is 52.6 Å². The van der Waals surface area contributed by atoms with Crippen molar-refractivity contribution in [3.63, 3.8) is 0 Å². The van der Waals surface area contributed by atoms with Crippen molar-refractivity contribution in [3.05, 3.63) is 0 Å². The van der Waals surface area contributed by atoms with Gasteiger partial charge in [-0.1, -0.05) is 0 Å². The van der Waals surface area contributed by atoms with Crippen LogP contribution in [0.1, 0.15) is 27.7 Å². The average Bonchev–Trinajstić information content (AvgIpc) is 2.52. The summed E-state index contributed by atoms with van der Waals surface area (Å²) in [5.74, 6) is -1.43. The normalized spacial score (nSPS) is 22.4. The highest BCUT2D eigenvalue weighted by atomic mass is 16.8. The maximum atomic E-state index is 6.05. The summed E-state index contributed by atoms with van der Waals surface area (Å²) in [5, 5.41) is 0. The van der Waals surface area contributed by atoms with E-state index in [1.165, 1.54) is 0 Å². The summed E-state index contributed by atoms with van der Waals surface area (Å²) in [6.07, 6.45) is 0. The lowest BCUT2D eigenvalue weighted by atomic mass is 10.3. The molecule has 0 atom stereocenters. The van der Waals surface area contributed by atoms with Crippen LogP contribution in [0.5, 0.6) is 0 Å². The molecule has 2 rings (SSSR count). The van der Waals surface area contributed by atoms with Gasteiger partial charge in [0.2, 0.25) is 0 Å². The Kier molecular flexibility index (Phi) is 7.21. The summed E-state index contributed by atoms with van der Waals surface area (Å²) in [6.45, 7) is 15.4. The molecule has 136 valence electrons. The van der Waals surface area contributed by atoms with Gasteiger partial charge in [-0.15, -0.1) is 0 Å². The van der Waals surface area contributed by atoms with Gasteiger partial charge in [-0.2, -0.15) is 0 Å². The zero-order valence-corrected chi connectivity index (χ0v) is 15.0. The molecule has 23 heavy (non-hydrogen) atoms. The summed E-state index contributed by atoms with van der Waals surface area (Å²) >= 11 is 0. The van der Waals surface area contributed by atoms with Gasteiger partial charge in [0.1, 0.15) is 13.5 Å². The first kappa shape index (κ1) is 19.1. The quantitative estimate of drug-likeness (QED) is 0.617. The average molecular weight is 332 g/mol. The minimum Gasteiger partial charge on any atom is -0.379 e. The van der Waals surface area contributed by atoms with Crippen LogP contribution in [0.15, 0.2) is 0 Å². The second-order valence-electron chi connectivity index (χ2n) is 6.91. The predicted octanol–water partition coefficient (Wildman–Crippen LogP) is 1.09. The van der Waals surface area contributed by atoms with Gasteiger partial charge < -0.3 is 23.7 Å². The van der Waals surface area contributed by atoms with Gasteiger partial charge in [-0.3, -0.25) is 9.80 Å². The Labute approximate surface area is 139 Å². The summed E-state index contributed by atoms with van der Waals surface area (Å²) < 4.78 is 28.6. The van der Waals surface area contributed by atoms with Gasteiger partial charge in [0.15, 0.2) is 11.6 Å². The van der Waals surface area contributed by atoms with E-state index >= 15 is 0 Å². The monoisotopic (exact) mass is 332 g/mol. The van der Waals surface area contributed by atoms with Gasteiger partial charge in [-0.05, 0) is 27.7 Å². The van der Waals surface area contributed by atoms with E-state index in [4.69, 9.17) is 23.7 Å². The molecule has 0 unspecified atom stereocenters. The molecule has 0 bridgehead atoms. The molecule has 0 aromatic heterocycles. The Hall–Kier alpha value is -0.280. The van der Waals surface area contributed by atoms with Crippen LogP contribution in [0.4, 0.5) is 0 Å². The lowest BCUT2D eigenvalue weighted by Gasteiger charge is -2.38. The molecule has 7 nitrogen and oxygen atoms in total. The van der Waals surface area contributed by atoms with Gasteiger partial charge in [-0.25, -0.2) is 0 Å². The highest BCUT2D eigenvalue weighted by Gasteiger charge is 2.32. The first-order valence-electron chi connectivity index (χ1n) is 8.45. The molecule has 0 amide bonds. The third-order valence-corrected chi connectivity index (χ3v) is 3.89. The lowest BCUT2D eigenvalue weighted by molar-refractivity contribution is -0.348. The zero-order chi connectivity index (χ0) is 16.8. The fraction of sp³-hybridized carbons (Fsp3) is 1.00. The molecular formula is C16H32N2O5. The van der Waals surface area contributed by atoms with Crippen molar-refractivity contribution >= 4 is 0 Å². The minimum absolute atomic E-state index is 0.538. The molecule has 2 aliphatic rings. The molecular weight excluding hydrogens is 300 g/mol. The van der Waals surface area contributed by atoms with Crippen molar-refractivity contribution in [1.82, 2.24) is 9.80 Å². The molecule has 0 aliphatic carbocycles. The maximum Gasteiger partial charge on any atom is 0.167 e. The first-order valence-corrected chi connectivity index (χ1v) is 8.45. The summed E-state index contributed by atoms with van der Waals surface area (Å²) in [4.78, 5) is 4.44. The van der Waals surface area contributed by atoms with Crippen molar-refractivity contribution in [3.8, 4) is 0 Å². The van der Waals surface area contributed by atoms with Gasteiger partial charge in [0, 0.05) is 26.2 Å². The second-order valence-corrected chi connectivity index (χ2v) is 6.91. The van der Waals surface area contributed by atoms with Crippen LogP contribution in [0.2, 0.25) is 0 Å². The van der Waals surface area contributed by atoms with E-state index in [-0.39, 0.29) is 0 Å². The summed E-state index contributed by atoms with van der Waals surface area (Å²) in [6, 6.07) is 0. The Morgan fingerprint density at radius 2 is 1.04 bits per heavy atom. The zero-order valence-electron chi connectivity index (χ0n) is 15.0. The van der Waals surface area contributed by atoms with E-state index in [2.05, 4.69) is 9.80 Å². The number of morpholine rings is 2. The van der Waals surface area contributed by atoms with E-state index in [1.54, 1.807) is 0 Å². The van der Waals surface area contributed by atoms with Gasteiger partial charge in [0.25, 0.3) is 0 Å². The van der Waals surface area contributed by atoms with Crippen LogP contribution in [0.3, 0.4) is 0 Å². The van der Waals surface area contributed by atoms with Crippen LogP contribution in [-0.4, -0.2) is 87.4 Å². The lowest BCUT2D eigenvalue weighted by Crippen LogP contribution is -2.47. The van der Waals surface area contributed by atoms with Crippen molar-refractivity contribution in [1.29, 1.82) is 0 Å². The Bertz CT molecular complexity index is 307. The molecule has 0 saturated carbocycles. The fourth-order valence-corrected chi connectivity index (χ4v) is 2.60. The number of nitrogens with zero attached hydrogens (tertiary/aromatic N) is 2. The van der Waals surface area contributed by atoms with E-state index < -0.39 is 11.6 Å². The Morgan fingerprint density at radius 1 is 0.696 bits per heavy atom.